The smallest absolute Gasteiger partial charge is 0.227 e. The van der Waals surface area contributed by atoms with Gasteiger partial charge in [-0.1, -0.05) is 29.8 Å². The van der Waals surface area contributed by atoms with Crippen LogP contribution in [-0.4, -0.2) is 74.9 Å². The zero-order chi connectivity index (χ0) is 18.9. The molecule has 2 saturated heterocycles. The SMILES string of the molecule is O=C(Cc1ccccc1Cl)N1CCN(S(=O)(=O)C2CCS(=O)(=O)C2)CC1. The third-order valence-electron chi connectivity index (χ3n) is 4.86. The molecule has 1 amide bonds. The highest BCUT2D eigenvalue weighted by Crippen LogP contribution is 2.23. The number of halogens is 1. The third-order valence-corrected chi connectivity index (χ3v) is 9.54. The van der Waals surface area contributed by atoms with E-state index in [4.69, 9.17) is 11.6 Å². The van der Waals surface area contributed by atoms with Crippen LogP contribution in [-0.2, 0) is 31.1 Å². The number of rotatable bonds is 4. The number of carbonyl (C=O) groups excluding carboxylic acids is 1. The Labute approximate surface area is 158 Å². The zero-order valence-electron chi connectivity index (χ0n) is 14.2. The van der Waals surface area contributed by atoms with Gasteiger partial charge in [0, 0.05) is 31.2 Å². The van der Waals surface area contributed by atoms with Crippen molar-refractivity contribution in [2.24, 2.45) is 0 Å². The number of nitrogens with zero attached hydrogens (tertiary/aromatic N) is 2. The average molecular weight is 421 g/mol. The van der Waals surface area contributed by atoms with E-state index in [1.54, 1.807) is 23.1 Å². The monoisotopic (exact) mass is 420 g/mol. The van der Waals surface area contributed by atoms with Crippen molar-refractivity contribution < 1.29 is 21.6 Å². The molecule has 0 spiro atoms. The van der Waals surface area contributed by atoms with E-state index in [0.717, 1.165) is 5.56 Å². The van der Waals surface area contributed by atoms with Gasteiger partial charge >= 0.3 is 0 Å². The Hall–Kier alpha value is -1.16. The highest BCUT2D eigenvalue weighted by Gasteiger charge is 2.41. The molecule has 0 radical (unpaired) electrons. The first kappa shape index (κ1) is 19.6. The minimum atomic E-state index is -3.65. The maximum Gasteiger partial charge on any atom is 0.227 e. The van der Waals surface area contributed by atoms with Crippen molar-refractivity contribution in [3.05, 3.63) is 34.9 Å². The molecule has 2 heterocycles. The van der Waals surface area contributed by atoms with Crippen molar-refractivity contribution in [3.8, 4) is 0 Å². The van der Waals surface area contributed by atoms with Crippen LogP contribution < -0.4 is 0 Å². The van der Waals surface area contributed by atoms with Crippen molar-refractivity contribution in [2.75, 3.05) is 37.7 Å². The van der Waals surface area contributed by atoms with E-state index in [1.807, 2.05) is 6.07 Å². The fourth-order valence-corrected chi connectivity index (χ4v) is 8.03. The van der Waals surface area contributed by atoms with E-state index in [-0.39, 0.29) is 43.3 Å². The number of sulfone groups is 1. The molecular formula is C16H21ClN2O5S2. The van der Waals surface area contributed by atoms with Crippen molar-refractivity contribution in [2.45, 2.75) is 18.1 Å². The van der Waals surface area contributed by atoms with Crippen molar-refractivity contribution in [3.63, 3.8) is 0 Å². The van der Waals surface area contributed by atoms with E-state index in [2.05, 4.69) is 0 Å². The molecule has 0 saturated carbocycles. The Bertz CT molecular complexity index is 893. The van der Waals surface area contributed by atoms with Crippen molar-refractivity contribution in [1.82, 2.24) is 9.21 Å². The number of sulfonamides is 1. The molecule has 26 heavy (non-hydrogen) atoms. The predicted octanol–water partition coefficient (Wildman–Crippen LogP) is 0.544. The molecule has 1 atom stereocenters. The number of hydrogen-bond donors (Lipinski definition) is 0. The minimum Gasteiger partial charge on any atom is -0.340 e. The number of amides is 1. The summed E-state index contributed by atoms with van der Waals surface area (Å²) in [4.78, 5) is 14.1. The Morgan fingerprint density at radius 3 is 2.38 bits per heavy atom. The summed E-state index contributed by atoms with van der Waals surface area (Å²) in [6, 6.07) is 7.13. The second-order valence-corrected chi connectivity index (χ2v) is 11.5. The number of hydrogen-bond acceptors (Lipinski definition) is 5. The van der Waals surface area contributed by atoms with Gasteiger partial charge in [-0.3, -0.25) is 4.79 Å². The number of benzene rings is 1. The maximum absolute atomic E-state index is 12.6. The van der Waals surface area contributed by atoms with Crippen LogP contribution in [0.1, 0.15) is 12.0 Å². The summed E-state index contributed by atoms with van der Waals surface area (Å²) in [6.45, 7) is 0.963. The number of carbonyl (C=O) groups is 1. The first-order chi connectivity index (χ1) is 12.2. The molecule has 0 bridgehead atoms. The van der Waals surface area contributed by atoms with Gasteiger partial charge in [-0.05, 0) is 18.1 Å². The molecule has 2 aliphatic heterocycles. The minimum absolute atomic E-state index is 0.0762. The van der Waals surface area contributed by atoms with Crippen LogP contribution in [0.25, 0.3) is 0 Å². The lowest BCUT2D eigenvalue weighted by molar-refractivity contribution is -0.131. The molecule has 1 aromatic carbocycles. The van der Waals surface area contributed by atoms with Gasteiger partial charge in [-0.2, -0.15) is 4.31 Å². The van der Waals surface area contributed by atoms with Gasteiger partial charge in [-0.25, -0.2) is 16.8 Å². The van der Waals surface area contributed by atoms with Crippen LogP contribution in [0.5, 0.6) is 0 Å². The van der Waals surface area contributed by atoms with E-state index in [9.17, 15) is 21.6 Å². The summed E-state index contributed by atoms with van der Waals surface area (Å²) in [5.74, 6) is -0.479. The lowest BCUT2D eigenvalue weighted by Crippen LogP contribution is -2.53. The van der Waals surface area contributed by atoms with Crippen molar-refractivity contribution in [1.29, 1.82) is 0 Å². The molecule has 3 rings (SSSR count). The molecule has 2 aliphatic rings. The van der Waals surface area contributed by atoms with Gasteiger partial charge in [0.15, 0.2) is 9.84 Å². The van der Waals surface area contributed by atoms with Gasteiger partial charge in [0.2, 0.25) is 15.9 Å². The predicted molar refractivity (Wildman–Crippen MR) is 99.3 cm³/mol. The highest BCUT2D eigenvalue weighted by atomic mass is 35.5. The summed E-state index contributed by atoms with van der Waals surface area (Å²) in [5, 5.41) is -0.331. The van der Waals surface area contributed by atoms with E-state index in [0.29, 0.717) is 18.1 Å². The van der Waals surface area contributed by atoms with E-state index < -0.39 is 25.1 Å². The number of piperazine rings is 1. The van der Waals surface area contributed by atoms with E-state index >= 15 is 0 Å². The largest absolute Gasteiger partial charge is 0.340 e. The first-order valence-corrected chi connectivity index (χ1v) is 12.1. The Morgan fingerprint density at radius 2 is 1.81 bits per heavy atom. The standard InChI is InChI=1S/C16H21ClN2O5S2/c17-15-4-2-1-3-13(15)11-16(20)18-6-8-19(9-7-18)26(23,24)14-5-10-25(21,22)12-14/h1-4,14H,5-12H2. The highest BCUT2D eigenvalue weighted by molar-refractivity contribution is 7.95. The van der Waals surface area contributed by atoms with E-state index in [1.165, 1.54) is 4.31 Å². The molecule has 0 N–H and O–H groups in total. The quantitative estimate of drug-likeness (QED) is 0.709. The fourth-order valence-electron chi connectivity index (χ4n) is 3.32. The molecular weight excluding hydrogens is 400 g/mol. The molecule has 10 heteroatoms. The van der Waals surface area contributed by atoms with Gasteiger partial charge in [0.1, 0.15) is 0 Å². The molecule has 1 aromatic rings. The third kappa shape index (κ3) is 4.21. The van der Waals surface area contributed by atoms with Gasteiger partial charge in [-0.15, -0.1) is 0 Å². The lowest BCUT2D eigenvalue weighted by Gasteiger charge is -2.35. The zero-order valence-corrected chi connectivity index (χ0v) is 16.6. The molecule has 7 nitrogen and oxygen atoms in total. The summed E-state index contributed by atoms with van der Waals surface area (Å²) in [6.07, 6.45) is 0.323. The summed E-state index contributed by atoms with van der Waals surface area (Å²) in [5.41, 5.74) is 0.741. The summed E-state index contributed by atoms with van der Waals surface area (Å²) >= 11 is 6.08. The van der Waals surface area contributed by atoms with Gasteiger partial charge in [0.25, 0.3) is 0 Å². The second-order valence-electron chi connectivity index (χ2n) is 6.62. The Balaban J connectivity index is 1.59. The van der Waals surface area contributed by atoms with Crippen molar-refractivity contribution >= 4 is 37.4 Å². The van der Waals surface area contributed by atoms with Crippen LogP contribution in [0.15, 0.2) is 24.3 Å². The van der Waals surface area contributed by atoms with Crippen LogP contribution in [0.4, 0.5) is 0 Å². The maximum atomic E-state index is 12.6. The normalized spacial score (nSPS) is 23.9. The average Bonchev–Trinajstić information content (AvgIpc) is 2.98. The lowest BCUT2D eigenvalue weighted by atomic mass is 10.1. The topological polar surface area (TPSA) is 91.8 Å². The Kier molecular flexibility index (Phi) is 5.62. The van der Waals surface area contributed by atoms with Gasteiger partial charge < -0.3 is 4.90 Å². The fraction of sp³-hybridized carbons (Fsp3) is 0.562. The first-order valence-electron chi connectivity index (χ1n) is 8.39. The molecule has 2 fully saturated rings. The van der Waals surface area contributed by atoms with Crippen LogP contribution in [0, 0.1) is 0 Å². The molecule has 1 unspecified atom stereocenters. The van der Waals surface area contributed by atoms with Crippen LogP contribution in [0.3, 0.4) is 0 Å². The van der Waals surface area contributed by atoms with Crippen LogP contribution in [0.2, 0.25) is 5.02 Å². The molecule has 0 aromatic heterocycles. The van der Waals surface area contributed by atoms with Gasteiger partial charge in [0.05, 0.1) is 23.2 Å². The summed E-state index contributed by atoms with van der Waals surface area (Å²) in [7, 11) is -6.92. The second kappa shape index (κ2) is 7.46. The summed E-state index contributed by atoms with van der Waals surface area (Å²) < 4.78 is 49.7. The molecule has 0 aliphatic carbocycles. The molecule has 144 valence electrons. The van der Waals surface area contributed by atoms with Crippen LogP contribution >= 0.6 is 11.6 Å². The Morgan fingerprint density at radius 1 is 1.15 bits per heavy atom.